The van der Waals surface area contributed by atoms with Gasteiger partial charge in [-0.05, 0) is 49.5 Å². The number of aromatic nitrogens is 2. The number of likely N-dealkylation sites (tertiary alicyclic amines) is 1. The zero-order valence-electron chi connectivity index (χ0n) is 14.9. The second kappa shape index (κ2) is 7.07. The molecule has 1 radical (unpaired) electrons. The maximum absolute atomic E-state index is 12.6. The number of carbonyl (C=O) groups excluding carboxylic acids is 2. The van der Waals surface area contributed by atoms with Gasteiger partial charge in [0.05, 0.1) is 18.1 Å². The second-order valence-corrected chi connectivity index (χ2v) is 7.10. The lowest BCUT2D eigenvalue weighted by Crippen LogP contribution is -2.39. The summed E-state index contributed by atoms with van der Waals surface area (Å²) in [6.45, 7) is 4.41. The number of nitrogens with two attached hydrogens (primary N) is 1. The van der Waals surface area contributed by atoms with Crippen LogP contribution in [0, 0.1) is 6.42 Å². The first kappa shape index (κ1) is 17.0. The number of hydrogen-bond acceptors (Lipinski definition) is 4. The summed E-state index contributed by atoms with van der Waals surface area (Å²) in [6, 6.07) is 3.22. The minimum absolute atomic E-state index is 0.0775. The Hall–Kier alpha value is -2.41. The Bertz CT molecular complexity index is 838. The van der Waals surface area contributed by atoms with Gasteiger partial charge >= 0.3 is 6.03 Å². The third-order valence-corrected chi connectivity index (χ3v) is 5.46. The second-order valence-electron chi connectivity index (χ2n) is 7.10. The molecule has 2 aliphatic heterocycles. The molecule has 0 saturated carbocycles. The molecule has 0 spiro atoms. The summed E-state index contributed by atoms with van der Waals surface area (Å²) in [7, 11) is 0. The Morgan fingerprint density at radius 3 is 2.73 bits per heavy atom. The van der Waals surface area contributed by atoms with E-state index in [9.17, 15) is 9.59 Å². The lowest BCUT2D eigenvalue weighted by atomic mass is 10.0. The van der Waals surface area contributed by atoms with Crippen LogP contribution in [0.1, 0.15) is 30.4 Å². The number of rotatable bonds is 3. The fraction of sp³-hybridized carbons (Fsp3) is 0.474. The smallest absolute Gasteiger partial charge is 0.340 e. The number of nitrogens with zero attached hydrogens (tertiary/aromatic N) is 4. The molecule has 0 unspecified atom stereocenters. The zero-order chi connectivity index (χ0) is 18.1. The van der Waals surface area contributed by atoms with Crippen LogP contribution in [0.2, 0.25) is 0 Å². The molecule has 1 saturated heterocycles. The monoisotopic (exact) mass is 354 g/mol. The topological polar surface area (TPSA) is 84.5 Å². The molecule has 7 heteroatoms. The predicted octanol–water partition coefficient (Wildman–Crippen LogP) is 1.54. The van der Waals surface area contributed by atoms with Crippen LogP contribution in [-0.4, -0.2) is 57.7 Å². The molecule has 1 fully saturated rings. The molecule has 2 aromatic rings. The molecule has 0 aliphatic carbocycles. The summed E-state index contributed by atoms with van der Waals surface area (Å²) < 4.78 is 1.21. The van der Waals surface area contributed by atoms with Crippen molar-refractivity contribution in [2.45, 2.75) is 32.2 Å². The van der Waals surface area contributed by atoms with Crippen molar-refractivity contribution < 1.29 is 9.59 Å². The molecule has 3 heterocycles. The van der Waals surface area contributed by atoms with Gasteiger partial charge in [-0.1, -0.05) is 12.5 Å². The van der Waals surface area contributed by atoms with Gasteiger partial charge in [-0.3, -0.25) is 4.79 Å². The average molecular weight is 354 g/mol. The van der Waals surface area contributed by atoms with E-state index in [4.69, 9.17) is 5.73 Å². The Kier molecular flexibility index (Phi) is 4.63. The van der Waals surface area contributed by atoms with E-state index in [1.165, 1.54) is 23.9 Å². The number of carbonyl (C=O) groups is 2. The molecule has 1 aromatic heterocycles. The molecule has 26 heavy (non-hydrogen) atoms. The Labute approximate surface area is 152 Å². The number of benzene rings is 1. The highest BCUT2D eigenvalue weighted by Crippen LogP contribution is 2.27. The van der Waals surface area contributed by atoms with Crippen molar-refractivity contribution in [2.24, 2.45) is 5.73 Å². The first-order chi connectivity index (χ1) is 12.6. The van der Waals surface area contributed by atoms with Crippen molar-refractivity contribution in [1.29, 1.82) is 0 Å². The van der Waals surface area contributed by atoms with Gasteiger partial charge in [-0.2, -0.15) is 9.78 Å². The largest absolute Gasteiger partial charge is 0.350 e. The van der Waals surface area contributed by atoms with E-state index in [0.29, 0.717) is 18.5 Å². The van der Waals surface area contributed by atoms with Crippen LogP contribution in [0.5, 0.6) is 0 Å². The van der Waals surface area contributed by atoms with Gasteiger partial charge in [0.1, 0.15) is 0 Å². The normalized spacial score (nSPS) is 18.8. The summed E-state index contributed by atoms with van der Waals surface area (Å²) in [4.78, 5) is 28.5. The van der Waals surface area contributed by atoms with Crippen molar-refractivity contribution in [3.8, 4) is 0 Å². The molecular formula is C19H24N5O2. The van der Waals surface area contributed by atoms with Crippen molar-refractivity contribution in [2.75, 3.05) is 26.2 Å². The summed E-state index contributed by atoms with van der Waals surface area (Å²) in [5, 5.41) is 5.01. The molecule has 1 aromatic carbocycles. The number of piperidine rings is 1. The fourth-order valence-electron chi connectivity index (χ4n) is 3.99. The van der Waals surface area contributed by atoms with Gasteiger partial charge in [0.25, 0.3) is 0 Å². The maximum Gasteiger partial charge on any atom is 0.340 e. The molecule has 2 aliphatic rings. The fourth-order valence-corrected chi connectivity index (χ4v) is 3.99. The van der Waals surface area contributed by atoms with E-state index < -0.39 is 6.03 Å². The third-order valence-electron chi connectivity index (χ3n) is 5.46. The zero-order valence-corrected chi connectivity index (χ0v) is 14.9. The summed E-state index contributed by atoms with van der Waals surface area (Å²) in [5.41, 5.74) is 8.26. The predicted molar refractivity (Wildman–Crippen MR) is 98.4 cm³/mol. The summed E-state index contributed by atoms with van der Waals surface area (Å²) in [6.07, 6.45) is 7.84. The first-order valence-corrected chi connectivity index (χ1v) is 9.26. The van der Waals surface area contributed by atoms with Gasteiger partial charge in [-0.25, -0.2) is 4.79 Å². The standard InChI is InChI=1S/C19H24N5O2/c20-19(26)24-17-6-4-14-5-7-18(25)23(13-16(14)15(17)12-21-24)11-10-22-8-2-1-3-9-22/h4,6-7,12H,1-3,5,8-11,13H2,(H2,20,26). The van der Waals surface area contributed by atoms with Gasteiger partial charge in [0.15, 0.2) is 0 Å². The number of amides is 2. The van der Waals surface area contributed by atoms with E-state index in [2.05, 4.69) is 10.00 Å². The molecule has 0 bridgehead atoms. The number of primary amides is 1. The van der Waals surface area contributed by atoms with Crippen LogP contribution in [0.15, 0.2) is 18.3 Å². The summed E-state index contributed by atoms with van der Waals surface area (Å²) >= 11 is 0. The van der Waals surface area contributed by atoms with Crippen LogP contribution in [0.25, 0.3) is 10.9 Å². The Balaban J connectivity index is 1.59. The lowest BCUT2D eigenvalue weighted by molar-refractivity contribution is -0.128. The summed E-state index contributed by atoms with van der Waals surface area (Å²) in [5.74, 6) is 0.0775. The van der Waals surface area contributed by atoms with E-state index in [-0.39, 0.29) is 5.91 Å². The third kappa shape index (κ3) is 3.19. The van der Waals surface area contributed by atoms with Gasteiger partial charge in [0, 0.05) is 25.0 Å². The van der Waals surface area contributed by atoms with Crippen molar-refractivity contribution in [1.82, 2.24) is 19.6 Å². The number of hydrogen-bond donors (Lipinski definition) is 1. The molecule has 137 valence electrons. The highest BCUT2D eigenvalue weighted by Gasteiger charge is 2.24. The van der Waals surface area contributed by atoms with Crippen molar-refractivity contribution in [3.05, 3.63) is 35.9 Å². The van der Waals surface area contributed by atoms with Crippen LogP contribution in [0.4, 0.5) is 4.79 Å². The van der Waals surface area contributed by atoms with Gasteiger partial charge in [-0.15, -0.1) is 0 Å². The Morgan fingerprint density at radius 1 is 1.15 bits per heavy atom. The van der Waals surface area contributed by atoms with E-state index in [0.717, 1.165) is 42.7 Å². The highest BCUT2D eigenvalue weighted by atomic mass is 16.2. The highest BCUT2D eigenvalue weighted by molar-refractivity contribution is 5.93. The average Bonchev–Trinajstić information content (AvgIpc) is 3.02. The first-order valence-electron chi connectivity index (χ1n) is 9.26. The molecule has 2 amide bonds. The van der Waals surface area contributed by atoms with Crippen LogP contribution in [0.3, 0.4) is 0 Å². The molecular weight excluding hydrogens is 330 g/mol. The molecule has 7 nitrogen and oxygen atoms in total. The number of fused-ring (bicyclic) bond motifs is 3. The lowest BCUT2D eigenvalue weighted by Gasteiger charge is -2.29. The van der Waals surface area contributed by atoms with Crippen molar-refractivity contribution in [3.63, 3.8) is 0 Å². The molecule has 4 rings (SSSR count). The minimum atomic E-state index is -0.599. The van der Waals surface area contributed by atoms with E-state index in [1.54, 1.807) is 12.6 Å². The van der Waals surface area contributed by atoms with Crippen LogP contribution >= 0.6 is 0 Å². The minimum Gasteiger partial charge on any atom is -0.350 e. The van der Waals surface area contributed by atoms with Crippen molar-refractivity contribution >= 4 is 22.8 Å². The SMILES string of the molecule is NC(=O)n1ncc2c3c(ccc21)C[CH]C(=O)N(CCN1CCCCC1)C3. The molecule has 2 N–H and O–H groups in total. The van der Waals surface area contributed by atoms with Crippen LogP contribution < -0.4 is 5.73 Å². The molecule has 0 atom stereocenters. The van der Waals surface area contributed by atoms with E-state index in [1.807, 2.05) is 17.0 Å². The van der Waals surface area contributed by atoms with Gasteiger partial charge in [0.2, 0.25) is 5.91 Å². The maximum atomic E-state index is 12.6. The van der Waals surface area contributed by atoms with Gasteiger partial charge < -0.3 is 15.5 Å². The Morgan fingerprint density at radius 2 is 1.96 bits per heavy atom. The van der Waals surface area contributed by atoms with Crippen LogP contribution in [-0.2, 0) is 17.8 Å². The quantitative estimate of drug-likeness (QED) is 0.906. The van der Waals surface area contributed by atoms with E-state index >= 15 is 0 Å².